The standard InChI is InChI=1S/C3H7IO.Mg.2H/c1-2-3-5-4;;;/h2-3H2,1H3;;;. The maximum absolute atomic E-state index is 4.66. The van der Waals surface area contributed by atoms with Gasteiger partial charge in [0.15, 0.2) is 0 Å². The minimum absolute atomic E-state index is 0. The quantitative estimate of drug-likeness (QED) is 0.487. The van der Waals surface area contributed by atoms with Crippen LogP contribution in [0.2, 0.25) is 0 Å². The summed E-state index contributed by atoms with van der Waals surface area (Å²) in [5, 5.41) is 0. The van der Waals surface area contributed by atoms with E-state index in [1.165, 1.54) is 0 Å². The van der Waals surface area contributed by atoms with Crippen LogP contribution in [0.3, 0.4) is 0 Å². The molecule has 0 bridgehead atoms. The van der Waals surface area contributed by atoms with Gasteiger partial charge in [-0.15, -0.1) is 0 Å². The third-order valence-corrected chi connectivity index (χ3v) is 0.722. The van der Waals surface area contributed by atoms with Crippen LogP contribution < -0.4 is 0 Å². The molecule has 1 nitrogen and oxygen atoms in total. The van der Waals surface area contributed by atoms with Gasteiger partial charge in [-0.3, -0.25) is 0 Å². The van der Waals surface area contributed by atoms with E-state index in [0.717, 1.165) is 13.0 Å². The minimum Gasteiger partial charge on any atom is -0.316 e. The van der Waals surface area contributed by atoms with Crippen molar-refractivity contribution in [3.63, 3.8) is 0 Å². The molecule has 0 fully saturated rings. The highest BCUT2D eigenvalue weighted by molar-refractivity contribution is 14.1. The maximum Gasteiger partial charge on any atom is 0.316 e. The second kappa shape index (κ2) is 9.68. The van der Waals surface area contributed by atoms with Crippen LogP contribution in [-0.4, -0.2) is 29.7 Å². The summed E-state index contributed by atoms with van der Waals surface area (Å²) in [6.45, 7) is 2.96. The molecule has 0 spiro atoms. The van der Waals surface area contributed by atoms with Crippen LogP contribution in [0.25, 0.3) is 0 Å². The monoisotopic (exact) mass is 212 g/mol. The Morgan fingerprint density at radius 2 is 2.17 bits per heavy atom. The lowest BCUT2D eigenvalue weighted by atomic mass is 10.5. The Morgan fingerprint density at radius 3 is 2.17 bits per heavy atom. The number of hydrogen-bond donors (Lipinski definition) is 0. The highest BCUT2D eigenvalue weighted by Gasteiger charge is 1.68. The molecule has 0 amide bonds. The fourth-order valence-corrected chi connectivity index (χ4v) is 0.518. The molecule has 36 valence electrons. The Kier molecular flexibility index (Phi) is 16.8. The molecule has 0 aromatic heterocycles. The summed E-state index contributed by atoms with van der Waals surface area (Å²) in [6, 6.07) is 0. The Labute approximate surface area is 68.7 Å². The highest BCUT2D eigenvalue weighted by Crippen LogP contribution is 1.85. The van der Waals surface area contributed by atoms with Crippen molar-refractivity contribution in [1.82, 2.24) is 0 Å². The van der Waals surface area contributed by atoms with Gasteiger partial charge in [-0.2, -0.15) is 0 Å². The van der Waals surface area contributed by atoms with E-state index in [2.05, 4.69) is 9.99 Å². The van der Waals surface area contributed by atoms with Gasteiger partial charge < -0.3 is 3.07 Å². The molecule has 0 radical (unpaired) electrons. The zero-order chi connectivity index (χ0) is 4.12. The topological polar surface area (TPSA) is 9.23 Å². The van der Waals surface area contributed by atoms with Crippen LogP contribution in [0.5, 0.6) is 0 Å². The highest BCUT2D eigenvalue weighted by atomic mass is 127. The summed E-state index contributed by atoms with van der Waals surface area (Å²) in [4.78, 5) is 0. The van der Waals surface area contributed by atoms with E-state index in [1.807, 2.05) is 23.0 Å². The molecule has 0 aliphatic rings. The Balaban J connectivity index is 0. The fourth-order valence-electron chi connectivity index (χ4n) is 0.0772. The van der Waals surface area contributed by atoms with Crippen LogP contribution in [-0.2, 0) is 3.07 Å². The zero-order valence-corrected chi connectivity index (χ0v) is 5.36. The third kappa shape index (κ3) is 9.07. The molecule has 0 saturated carbocycles. The number of hydrogen-bond acceptors (Lipinski definition) is 1. The van der Waals surface area contributed by atoms with Crippen molar-refractivity contribution in [2.45, 2.75) is 13.3 Å². The lowest BCUT2D eigenvalue weighted by Gasteiger charge is -1.81. The third-order valence-electron chi connectivity index (χ3n) is 0.281. The number of rotatable bonds is 2. The van der Waals surface area contributed by atoms with Crippen molar-refractivity contribution in [3.8, 4) is 0 Å². The first-order valence-corrected chi connectivity index (χ1v) is 2.53. The largest absolute Gasteiger partial charge is 0.316 e. The molecule has 6 heavy (non-hydrogen) atoms. The Hall–Kier alpha value is 1.46. The van der Waals surface area contributed by atoms with Gasteiger partial charge >= 0.3 is 23.1 Å². The SMILES string of the molecule is CCCOI.[MgH2]. The molecule has 0 unspecified atom stereocenters. The molecule has 0 heterocycles. The van der Waals surface area contributed by atoms with Gasteiger partial charge in [-0.1, -0.05) is 6.92 Å². The second-order valence-corrected chi connectivity index (χ2v) is 1.44. The first kappa shape index (κ1) is 10.4. The van der Waals surface area contributed by atoms with Gasteiger partial charge in [0.05, 0.1) is 6.61 Å². The van der Waals surface area contributed by atoms with E-state index in [-0.39, 0.29) is 23.1 Å². The normalized spacial score (nSPS) is 7.00. The van der Waals surface area contributed by atoms with E-state index >= 15 is 0 Å². The van der Waals surface area contributed by atoms with Crippen molar-refractivity contribution >= 4 is 46.1 Å². The predicted molar refractivity (Wildman–Crippen MR) is 38.8 cm³/mol. The molecule has 0 rings (SSSR count). The summed E-state index contributed by atoms with van der Waals surface area (Å²) in [6.07, 6.45) is 1.11. The summed E-state index contributed by atoms with van der Waals surface area (Å²) < 4.78 is 4.66. The van der Waals surface area contributed by atoms with Crippen molar-refractivity contribution in [3.05, 3.63) is 0 Å². The van der Waals surface area contributed by atoms with Gasteiger partial charge in [0.2, 0.25) is 0 Å². The van der Waals surface area contributed by atoms with Crippen molar-refractivity contribution in [1.29, 1.82) is 0 Å². The fraction of sp³-hybridized carbons (Fsp3) is 1.00. The van der Waals surface area contributed by atoms with Crippen molar-refractivity contribution < 1.29 is 3.07 Å². The molecule has 3 heteroatoms. The molecule has 0 saturated heterocycles. The van der Waals surface area contributed by atoms with Crippen LogP contribution in [0.15, 0.2) is 0 Å². The predicted octanol–water partition coefficient (Wildman–Crippen LogP) is 0.847. The Morgan fingerprint density at radius 1 is 1.67 bits per heavy atom. The molecule has 0 atom stereocenters. The summed E-state index contributed by atoms with van der Waals surface area (Å²) in [5.41, 5.74) is 0. The van der Waals surface area contributed by atoms with Gasteiger partial charge in [-0.25, -0.2) is 0 Å². The smallest absolute Gasteiger partial charge is 0.316 e. The maximum atomic E-state index is 4.66. The summed E-state index contributed by atoms with van der Waals surface area (Å²) in [5.74, 6) is 0. The zero-order valence-electron chi connectivity index (χ0n) is 3.20. The van der Waals surface area contributed by atoms with Crippen LogP contribution in [0.1, 0.15) is 13.3 Å². The van der Waals surface area contributed by atoms with Crippen LogP contribution >= 0.6 is 23.0 Å². The van der Waals surface area contributed by atoms with Crippen molar-refractivity contribution in [2.75, 3.05) is 6.61 Å². The van der Waals surface area contributed by atoms with E-state index in [9.17, 15) is 0 Å². The minimum atomic E-state index is 0. The molecule has 0 aliphatic heterocycles. The van der Waals surface area contributed by atoms with Gasteiger partial charge in [0.1, 0.15) is 23.0 Å². The van der Waals surface area contributed by atoms with E-state index in [0.29, 0.717) is 0 Å². The molecule has 0 aromatic rings. The van der Waals surface area contributed by atoms with Gasteiger partial charge in [0, 0.05) is 0 Å². The summed E-state index contributed by atoms with van der Waals surface area (Å²) >= 11 is 1.89. The Bertz CT molecular complexity index is 18.3. The van der Waals surface area contributed by atoms with Gasteiger partial charge in [0.25, 0.3) is 0 Å². The lowest BCUT2D eigenvalue weighted by Crippen LogP contribution is -1.73. The van der Waals surface area contributed by atoms with Crippen LogP contribution in [0.4, 0.5) is 0 Å². The molecular weight excluding hydrogens is 203 g/mol. The van der Waals surface area contributed by atoms with E-state index in [4.69, 9.17) is 0 Å². The average molecular weight is 212 g/mol. The molecular formula is C3H9IMgO. The van der Waals surface area contributed by atoms with E-state index < -0.39 is 0 Å². The van der Waals surface area contributed by atoms with Gasteiger partial charge in [-0.05, 0) is 6.42 Å². The molecule has 0 N–H and O–H groups in total. The molecule has 0 aliphatic carbocycles. The second-order valence-electron chi connectivity index (χ2n) is 0.813. The first-order valence-electron chi connectivity index (χ1n) is 1.65. The first-order chi connectivity index (χ1) is 2.41. The van der Waals surface area contributed by atoms with Crippen LogP contribution in [0, 0.1) is 0 Å². The number of halogens is 1. The summed E-state index contributed by atoms with van der Waals surface area (Å²) in [7, 11) is 0. The lowest BCUT2D eigenvalue weighted by molar-refractivity contribution is 0.425. The van der Waals surface area contributed by atoms with Crippen molar-refractivity contribution in [2.24, 2.45) is 0 Å². The molecule has 0 aromatic carbocycles. The average Bonchev–Trinajstić information content (AvgIpc) is 1.41. The van der Waals surface area contributed by atoms with E-state index in [1.54, 1.807) is 0 Å².